The number of imidazole rings is 1. The maximum atomic E-state index is 13.8. The lowest BCUT2D eigenvalue weighted by molar-refractivity contribution is 0.612. The van der Waals surface area contributed by atoms with Gasteiger partial charge in [-0.05, 0) is 56.4 Å². The number of allylic oxidation sites excluding steroid dienone is 1. The molecule has 0 amide bonds. The molecule has 32 heavy (non-hydrogen) atoms. The number of anilines is 1. The van der Waals surface area contributed by atoms with Gasteiger partial charge in [-0.1, -0.05) is 29.8 Å². The summed E-state index contributed by atoms with van der Waals surface area (Å²) in [6.07, 6.45) is 6.43. The lowest BCUT2D eigenvalue weighted by atomic mass is 10.0. The lowest BCUT2D eigenvalue weighted by Gasteiger charge is -2.12. The van der Waals surface area contributed by atoms with Crippen LogP contribution in [0.4, 0.5) is 10.2 Å². The molecule has 0 saturated heterocycles. The molecule has 162 valence electrons. The third-order valence-electron chi connectivity index (χ3n) is 5.92. The van der Waals surface area contributed by atoms with Gasteiger partial charge in [0.05, 0.1) is 12.5 Å². The minimum absolute atomic E-state index is 0.184. The second-order valence-corrected chi connectivity index (χ2v) is 8.48. The van der Waals surface area contributed by atoms with Crippen LogP contribution < -0.4 is 5.32 Å². The van der Waals surface area contributed by atoms with E-state index in [0.29, 0.717) is 29.3 Å². The normalized spacial score (nSPS) is 13.3. The highest BCUT2D eigenvalue weighted by Gasteiger charge is 2.19. The van der Waals surface area contributed by atoms with E-state index in [1.807, 2.05) is 4.57 Å². The standard InChI is InChI=1S/C25H25FN6/c1-15(2)32-14-29-22-24(30-23(31-25(22)32)18-11-19(26)13-27-12-18)28-9-8-20-16(3)10-17-6-4-5-7-21(17)20/h4-7,11-15H,8-10H2,1-3H3,(H,28,30,31). The van der Waals surface area contributed by atoms with Crippen LogP contribution in [-0.4, -0.2) is 31.0 Å². The van der Waals surface area contributed by atoms with Gasteiger partial charge in [0, 0.05) is 24.3 Å². The summed E-state index contributed by atoms with van der Waals surface area (Å²) < 4.78 is 15.8. The first-order chi connectivity index (χ1) is 15.5. The third-order valence-corrected chi connectivity index (χ3v) is 5.92. The molecule has 1 aliphatic rings. The summed E-state index contributed by atoms with van der Waals surface area (Å²) in [6.45, 7) is 7.07. The highest BCUT2D eigenvalue weighted by molar-refractivity contribution is 5.85. The highest BCUT2D eigenvalue weighted by Crippen LogP contribution is 2.34. The molecule has 0 bridgehead atoms. The summed E-state index contributed by atoms with van der Waals surface area (Å²) in [6, 6.07) is 10.2. The van der Waals surface area contributed by atoms with Gasteiger partial charge in [0.15, 0.2) is 17.3 Å². The van der Waals surface area contributed by atoms with Crippen LogP contribution in [0.3, 0.4) is 0 Å². The zero-order chi connectivity index (χ0) is 22.2. The van der Waals surface area contributed by atoms with E-state index in [4.69, 9.17) is 4.98 Å². The van der Waals surface area contributed by atoms with Gasteiger partial charge in [0.2, 0.25) is 0 Å². The van der Waals surface area contributed by atoms with Crippen LogP contribution in [0.1, 0.15) is 44.4 Å². The van der Waals surface area contributed by atoms with Crippen LogP contribution in [0.2, 0.25) is 0 Å². The van der Waals surface area contributed by atoms with Gasteiger partial charge in [-0.2, -0.15) is 0 Å². The van der Waals surface area contributed by atoms with Crippen molar-refractivity contribution in [3.05, 3.63) is 71.6 Å². The number of hydrogen-bond donors (Lipinski definition) is 1. The van der Waals surface area contributed by atoms with E-state index in [0.717, 1.165) is 18.5 Å². The maximum absolute atomic E-state index is 13.8. The first kappa shape index (κ1) is 20.3. The Kier molecular flexibility index (Phi) is 5.17. The molecule has 0 aliphatic heterocycles. The fraction of sp³-hybridized carbons (Fsp3) is 0.280. The quantitative estimate of drug-likeness (QED) is 0.443. The molecular weight excluding hydrogens is 403 g/mol. The molecule has 3 heterocycles. The summed E-state index contributed by atoms with van der Waals surface area (Å²) >= 11 is 0. The van der Waals surface area contributed by atoms with Crippen molar-refractivity contribution in [1.82, 2.24) is 24.5 Å². The van der Waals surface area contributed by atoms with Crippen molar-refractivity contribution in [2.75, 3.05) is 11.9 Å². The van der Waals surface area contributed by atoms with Crippen molar-refractivity contribution >= 4 is 22.6 Å². The predicted molar refractivity (Wildman–Crippen MR) is 125 cm³/mol. The van der Waals surface area contributed by atoms with Gasteiger partial charge in [0.25, 0.3) is 0 Å². The van der Waals surface area contributed by atoms with Gasteiger partial charge >= 0.3 is 0 Å². The summed E-state index contributed by atoms with van der Waals surface area (Å²) in [5.41, 5.74) is 7.51. The van der Waals surface area contributed by atoms with Crippen LogP contribution in [0.25, 0.3) is 28.1 Å². The maximum Gasteiger partial charge on any atom is 0.166 e. The molecule has 7 heteroatoms. The molecule has 0 saturated carbocycles. The van der Waals surface area contributed by atoms with E-state index >= 15 is 0 Å². The molecule has 0 unspecified atom stereocenters. The van der Waals surface area contributed by atoms with E-state index in [-0.39, 0.29) is 6.04 Å². The zero-order valence-electron chi connectivity index (χ0n) is 18.4. The van der Waals surface area contributed by atoms with Crippen molar-refractivity contribution in [3.63, 3.8) is 0 Å². The molecule has 5 rings (SSSR count). The fourth-order valence-electron chi connectivity index (χ4n) is 4.33. The number of hydrogen-bond acceptors (Lipinski definition) is 5. The Hall–Kier alpha value is -3.61. The Morgan fingerprint density at radius 2 is 2.00 bits per heavy atom. The summed E-state index contributed by atoms with van der Waals surface area (Å²) in [7, 11) is 0. The monoisotopic (exact) mass is 428 g/mol. The van der Waals surface area contributed by atoms with Crippen molar-refractivity contribution < 1.29 is 4.39 Å². The number of aromatic nitrogens is 5. The van der Waals surface area contributed by atoms with E-state index in [1.165, 1.54) is 34.5 Å². The molecule has 0 radical (unpaired) electrons. The van der Waals surface area contributed by atoms with Gasteiger partial charge in [0.1, 0.15) is 11.3 Å². The molecule has 1 aliphatic carbocycles. The van der Waals surface area contributed by atoms with Crippen molar-refractivity contribution in [2.45, 2.75) is 39.7 Å². The molecule has 0 fully saturated rings. The molecule has 0 atom stereocenters. The molecule has 6 nitrogen and oxygen atoms in total. The van der Waals surface area contributed by atoms with E-state index in [2.05, 4.69) is 65.3 Å². The van der Waals surface area contributed by atoms with Crippen molar-refractivity contribution in [3.8, 4) is 11.4 Å². The first-order valence-electron chi connectivity index (χ1n) is 10.9. The summed E-state index contributed by atoms with van der Waals surface area (Å²) in [5, 5.41) is 3.47. The number of halogens is 1. The smallest absolute Gasteiger partial charge is 0.166 e. The van der Waals surface area contributed by atoms with Gasteiger partial charge < -0.3 is 9.88 Å². The van der Waals surface area contributed by atoms with Crippen LogP contribution in [0, 0.1) is 5.82 Å². The second kappa shape index (κ2) is 8.15. The van der Waals surface area contributed by atoms with Crippen LogP contribution in [0.15, 0.2) is 54.6 Å². The number of pyridine rings is 1. The molecule has 1 aromatic carbocycles. The first-order valence-corrected chi connectivity index (χ1v) is 10.9. The Morgan fingerprint density at radius 1 is 1.16 bits per heavy atom. The van der Waals surface area contributed by atoms with E-state index in [1.54, 1.807) is 12.5 Å². The Labute approximate surface area is 186 Å². The molecule has 0 spiro atoms. The van der Waals surface area contributed by atoms with Crippen LogP contribution in [-0.2, 0) is 6.42 Å². The Bertz CT molecular complexity index is 1340. The summed E-state index contributed by atoms with van der Waals surface area (Å²) in [5.74, 6) is 0.662. The molecule has 1 N–H and O–H groups in total. The van der Waals surface area contributed by atoms with Crippen LogP contribution in [0.5, 0.6) is 0 Å². The molecular formula is C25H25FN6. The topological polar surface area (TPSA) is 68.5 Å². The average molecular weight is 429 g/mol. The number of nitrogens with one attached hydrogen (secondary N) is 1. The SMILES string of the molecule is CC1=C(CCNc2nc(-c3cncc(F)c3)nc3c2ncn3C(C)C)c2ccccc2C1. The Balaban J connectivity index is 1.47. The zero-order valence-corrected chi connectivity index (χ0v) is 18.4. The van der Waals surface area contributed by atoms with Crippen molar-refractivity contribution in [2.24, 2.45) is 0 Å². The minimum Gasteiger partial charge on any atom is -0.368 e. The largest absolute Gasteiger partial charge is 0.368 e. The average Bonchev–Trinajstić information content (AvgIpc) is 3.35. The number of rotatable bonds is 6. The number of nitrogens with zero attached hydrogens (tertiary/aromatic N) is 5. The second-order valence-electron chi connectivity index (χ2n) is 8.48. The summed E-state index contributed by atoms with van der Waals surface area (Å²) in [4.78, 5) is 17.9. The molecule has 3 aromatic heterocycles. The number of benzene rings is 1. The van der Waals surface area contributed by atoms with Crippen LogP contribution >= 0.6 is 0 Å². The Morgan fingerprint density at radius 3 is 2.81 bits per heavy atom. The van der Waals surface area contributed by atoms with E-state index < -0.39 is 5.82 Å². The number of fused-ring (bicyclic) bond motifs is 2. The van der Waals surface area contributed by atoms with Crippen molar-refractivity contribution in [1.29, 1.82) is 0 Å². The lowest BCUT2D eigenvalue weighted by Crippen LogP contribution is -2.08. The molecule has 4 aromatic rings. The van der Waals surface area contributed by atoms with E-state index in [9.17, 15) is 4.39 Å². The fourth-order valence-corrected chi connectivity index (χ4v) is 4.33. The predicted octanol–water partition coefficient (Wildman–Crippen LogP) is 5.44. The van der Waals surface area contributed by atoms with Gasteiger partial charge in [-0.25, -0.2) is 19.3 Å². The minimum atomic E-state index is -0.416. The van der Waals surface area contributed by atoms with Gasteiger partial charge in [-0.15, -0.1) is 0 Å². The third kappa shape index (κ3) is 3.64. The van der Waals surface area contributed by atoms with Gasteiger partial charge in [-0.3, -0.25) is 4.98 Å². The highest BCUT2D eigenvalue weighted by atomic mass is 19.1.